The maximum atomic E-state index is 12.3. The minimum absolute atomic E-state index is 0.151. The van der Waals surface area contributed by atoms with E-state index in [1.54, 1.807) is 18.3 Å². The molecule has 0 bridgehead atoms. The third kappa shape index (κ3) is 3.11. The van der Waals surface area contributed by atoms with Crippen molar-refractivity contribution in [1.82, 2.24) is 9.71 Å². The Morgan fingerprint density at radius 3 is 2.68 bits per heavy atom. The topological polar surface area (TPSA) is 59.1 Å². The first kappa shape index (κ1) is 15.0. The molecule has 1 aromatic heterocycles. The summed E-state index contributed by atoms with van der Waals surface area (Å²) in [5.74, 6) is 0. The van der Waals surface area contributed by atoms with Crippen LogP contribution in [0.25, 0.3) is 10.9 Å². The number of para-hydroxylation sites is 1. The van der Waals surface area contributed by atoms with Gasteiger partial charge in [0.25, 0.3) is 0 Å². The second kappa shape index (κ2) is 6.04. The van der Waals surface area contributed by atoms with E-state index < -0.39 is 10.0 Å². The number of benzene rings is 2. The van der Waals surface area contributed by atoms with Crippen LogP contribution in [0, 0.1) is 0 Å². The second-order valence-corrected chi connectivity index (χ2v) is 6.97. The van der Waals surface area contributed by atoms with Crippen LogP contribution in [0.15, 0.2) is 65.7 Å². The molecule has 3 aromatic rings. The Labute approximate surface area is 133 Å². The van der Waals surface area contributed by atoms with Crippen LogP contribution in [-0.2, 0) is 16.6 Å². The molecule has 6 heteroatoms. The Morgan fingerprint density at radius 2 is 1.86 bits per heavy atom. The van der Waals surface area contributed by atoms with Gasteiger partial charge < -0.3 is 0 Å². The lowest BCUT2D eigenvalue weighted by Crippen LogP contribution is -2.23. The summed E-state index contributed by atoms with van der Waals surface area (Å²) >= 11 is 5.85. The number of hydrogen-bond donors (Lipinski definition) is 1. The molecule has 0 fully saturated rings. The van der Waals surface area contributed by atoms with Crippen molar-refractivity contribution in [2.45, 2.75) is 11.4 Å². The molecule has 0 spiro atoms. The van der Waals surface area contributed by atoms with E-state index in [2.05, 4.69) is 9.71 Å². The zero-order chi connectivity index (χ0) is 15.6. The standard InChI is InChI=1S/C16H13ClN2O2S/c17-13-4-3-5-14(10-13)22(20,21)19-11-12-8-9-18-16-7-2-1-6-15(12)16/h1-10,19H,11H2. The van der Waals surface area contributed by atoms with Gasteiger partial charge in [-0.05, 0) is 35.9 Å². The zero-order valence-electron chi connectivity index (χ0n) is 11.5. The van der Waals surface area contributed by atoms with Crippen molar-refractivity contribution in [3.63, 3.8) is 0 Å². The lowest BCUT2D eigenvalue weighted by atomic mass is 10.1. The highest BCUT2D eigenvalue weighted by molar-refractivity contribution is 7.89. The molecule has 0 aliphatic rings. The predicted octanol–water partition coefficient (Wildman–Crippen LogP) is 3.37. The SMILES string of the molecule is O=S(=O)(NCc1ccnc2ccccc12)c1cccc(Cl)c1. The van der Waals surface area contributed by atoms with E-state index in [1.807, 2.05) is 30.3 Å². The lowest BCUT2D eigenvalue weighted by molar-refractivity contribution is 0.581. The van der Waals surface area contributed by atoms with Gasteiger partial charge in [0.2, 0.25) is 10.0 Å². The Kier molecular flexibility index (Phi) is 4.11. The maximum absolute atomic E-state index is 12.3. The molecule has 1 N–H and O–H groups in total. The molecular weight excluding hydrogens is 320 g/mol. The van der Waals surface area contributed by atoms with Crippen LogP contribution < -0.4 is 4.72 Å². The number of rotatable bonds is 4. The highest BCUT2D eigenvalue weighted by Crippen LogP contribution is 2.18. The van der Waals surface area contributed by atoms with Gasteiger partial charge >= 0.3 is 0 Å². The molecular formula is C16H13ClN2O2S. The van der Waals surface area contributed by atoms with Gasteiger partial charge in [-0.25, -0.2) is 13.1 Å². The number of nitrogens with one attached hydrogen (secondary N) is 1. The molecule has 112 valence electrons. The van der Waals surface area contributed by atoms with Crippen LogP contribution in [0.2, 0.25) is 5.02 Å². The number of hydrogen-bond acceptors (Lipinski definition) is 3. The summed E-state index contributed by atoms with van der Waals surface area (Å²) in [5.41, 5.74) is 1.71. The van der Waals surface area contributed by atoms with Crippen molar-refractivity contribution in [2.75, 3.05) is 0 Å². The van der Waals surface area contributed by atoms with Gasteiger partial charge in [-0.2, -0.15) is 0 Å². The smallest absolute Gasteiger partial charge is 0.240 e. The highest BCUT2D eigenvalue weighted by atomic mass is 35.5. The van der Waals surface area contributed by atoms with Crippen molar-refractivity contribution in [1.29, 1.82) is 0 Å². The summed E-state index contributed by atoms with van der Waals surface area (Å²) in [6.07, 6.45) is 1.67. The van der Waals surface area contributed by atoms with Crippen LogP contribution in [0.1, 0.15) is 5.56 Å². The first-order valence-corrected chi connectivity index (χ1v) is 8.50. The number of halogens is 1. The fraction of sp³-hybridized carbons (Fsp3) is 0.0625. The van der Waals surface area contributed by atoms with Crippen molar-refractivity contribution in [3.8, 4) is 0 Å². The second-order valence-electron chi connectivity index (χ2n) is 4.77. The van der Waals surface area contributed by atoms with Crippen molar-refractivity contribution < 1.29 is 8.42 Å². The van der Waals surface area contributed by atoms with Crippen LogP contribution in [0.3, 0.4) is 0 Å². The third-order valence-electron chi connectivity index (χ3n) is 3.30. The average Bonchev–Trinajstić information content (AvgIpc) is 2.53. The molecule has 2 aromatic carbocycles. The molecule has 1 heterocycles. The molecule has 4 nitrogen and oxygen atoms in total. The van der Waals surface area contributed by atoms with E-state index in [0.717, 1.165) is 16.5 Å². The van der Waals surface area contributed by atoms with Gasteiger partial charge in [-0.1, -0.05) is 35.9 Å². The number of aromatic nitrogens is 1. The van der Waals surface area contributed by atoms with Crippen LogP contribution in [0.4, 0.5) is 0 Å². The van der Waals surface area contributed by atoms with Crippen LogP contribution in [-0.4, -0.2) is 13.4 Å². The molecule has 0 aliphatic heterocycles. The molecule has 0 saturated heterocycles. The Balaban J connectivity index is 1.88. The van der Waals surface area contributed by atoms with Gasteiger partial charge in [0, 0.05) is 23.2 Å². The summed E-state index contributed by atoms with van der Waals surface area (Å²) in [6.45, 7) is 0.192. The molecule has 0 aliphatic carbocycles. The molecule has 0 radical (unpaired) electrons. The molecule has 0 amide bonds. The summed E-state index contributed by atoms with van der Waals surface area (Å²) in [6, 6.07) is 15.6. The monoisotopic (exact) mass is 332 g/mol. The van der Waals surface area contributed by atoms with E-state index in [4.69, 9.17) is 11.6 Å². The summed E-state index contributed by atoms with van der Waals surface area (Å²) in [7, 11) is -3.60. The van der Waals surface area contributed by atoms with E-state index in [-0.39, 0.29) is 11.4 Å². The van der Waals surface area contributed by atoms with Crippen molar-refractivity contribution >= 4 is 32.5 Å². The largest absolute Gasteiger partial charge is 0.256 e. The van der Waals surface area contributed by atoms with E-state index in [1.165, 1.54) is 12.1 Å². The Morgan fingerprint density at radius 1 is 1.05 bits per heavy atom. The van der Waals surface area contributed by atoms with Crippen LogP contribution >= 0.6 is 11.6 Å². The van der Waals surface area contributed by atoms with Crippen molar-refractivity contribution in [2.24, 2.45) is 0 Å². The maximum Gasteiger partial charge on any atom is 0.240 e. The third-order valence-corrected chi connectivity index (χ3v) is 4.93. The van der Waals surface area contributed by atoms with Gasteiger partial charge in [0.05, 0.1) is 10.4 Å². The number of sulfonamides is 1. The Bertz CT molecular complexity index is 921. The molecule has 0 saturated carbocycles. The highest BCUT2D eigenvalue weighted by Gasteiger charge is 2.14. The summed E-state index contributed by atoms with van der Waals surface area (Å²) in [4.78, 5) is 4.41. The zero-order valence-corrected chi connectivity index (χ0v) is 13.1. The lowest BCUT2D eigenvalue weighted by Gasteiger charge is -2.09. The van der Waals surface area contributed by atoms with E-state index in [9.17, 15) is 8.42 Å². The quantitative estimate of drug-likeness (QED) is 0.797. The number of pyridine rings is 1. The van der Waals surface area contributed by atoms with E-state index in [0.29, 0.717) is 5.02 Å². The molecule has 22 heavy (non-hydrogen) atoms. The summed E-state index contributed by atoms with van der Waals surface area (Å²) < 4.78 is 27.2. The van der Waals surface area contributed by atoms with Crippen LogP contribution in [0.5, 0.6) is 0 Å². The van der Waals surface area contributed by atoms with E-state index >= 15 is 0 Å². The fourth-order valence-electron chi connectivity index (χ4n) is 2.20. The minimum atomic E-state index is -3.60. The first-order chi connectivity index (χ1) is 10.6. The normalized spacial score (nSPS) is 11.7. The van der Waals surface area contributed by atoms with Gasteiger partial charge in [-0.15, -0.1) is 0 Å². The summed E-state index contributed by atoms with van der Waals surface area (Å²) in [5, 5.41) is 1.32. The van der Waals surface area contributed by atoms with Gasteiger partial charge in [0.15, 0.2) is 0 Å². The number of fused-ring (bicyclic) bond motifs is 1. The fourth-order valence-corrected chi connectivity index (χ4v) is 3.51. The minimum Gasteiger partial charge on any atom is -0.256 e. The first-order valence-electron chi connectivity index (χ1n) is 6.64. The van der Waals surface area contributed by atoms with Gasteiger partial charge in [-0.3, -0.25) is 4.98 Å². The molecule has 0 unspecified atom stereocenters. The van der Waals surface area contributed by atoms with Gasteiger partial charge in [0.1, 0.15) is 0 Å². The molecule has 3 rings (SSSR count). The average molecular weight is 333 g/mol. The number of nitrogens with zero attached hydrogens (tertiary/aromatic N) is 1. The molecule has 0 atom stereocenters. The predicted molar refractivity (Wildman–Crippen MR) is 87.2 cm³/mol. The Hall–Kier alpha value is -1.95. The van der Waals surface area contributed by atoms with Crippen molar-refractivity contribution in [3.05, 3.63) is 71.4 Å².